The Balaban J connectivity index is 2.81. The fourth-order valence-electron chi connectivity index (χ4n) is 1.10. The molecule has 0 fully saturated rings. The summed E-state index contributed by atoms with van der Waals surface area (Å²) in [7, 11) is 0. The molecule has 0 amide bonds. The van der Waals surface area contributed by atoms with E-state index in [-0.39, 0.29) is 6.42 Å². The number of hydrogen-bond acceptors (Lipinski definition) is 2. The minimum Gasteiger partial charge on any atom is -0.488 e. The van der Waals surface area contributed by atoms with Crippen LogP contribution in [0.2, 0.25) is 15.1 Å². The Hall–Kier alpha value is -0.640. The van der Waals surface area contributed by atoms with Crippen molar-refractivity contribution in [1.29, 1.82) is 0 Å². The van der Waals surface area contributed by atoms with Gasteiger partial charge in [0, 0.05) is 6.07 Å². The highest BCUT2D eigenvalue weighted by Gasteiger charge is 2.13. The van der Waals surface area contributed by atoms with Crippen molar-refractivity contribution in [1.82, 2.24) is 0 Å². The van der Waals surface area contributed by atoms with Crippen LogP contribution in [0.3, 0.4) is 0 Å². The van der Waals surface area contributed by atoms with Crippen molar-refractivity contribution in [2.45, 2.75) is 19.4 Å². The molecule has 6 heteroatoms. The second-order valence-electron chi connectivity index (χ2n) is 3.22. The van der Waals surface area contributed by atoms with Crippen LogP contribution < -0.4 is 4.74 Å². The summed E-state index contributed by atoms with van der Waals surface area (Å²) in [6, 6.07) is 2.92. The molecule has 0 aliphatic carbocycles. The molecule has 0 radical (unpaired) electrons. The van der Waals surface area contributed by atoms with Crippen LogP contribution in [0, 0.1) is 0 Å². The first kappa shape index (κ1) is 13.4. The van der Waals surface area contributed by atoms with Gasteiger partial charge in [0.15, 0.2) is 0 Å². The van der Waals surface area contributed by atoms with Gasteiger partial charge in [0.1, 0.15) is 11.9 Å². The first-order valence-electron chi connectivity index (χ1n) is 4.43. The summed E-state index contributed by atoms with van der Waals surface area (Å²) in [4.78, 5) is 10.4. The number of carbonyl (C=O) groups is 1. The lowest BCUT2D eigenvalue weighted by Crippen LogP contribution is -2.16. The molecule has 0 saturated heterocycles. The van der Waals surface area contributed by atoms with E-state index in [1.807, 2.05) is 0 Å². The Morgan fingerprint density at radius 1 is 1.31 bits per heavy atom. The fourth-order valence-corrected chi connectivity index (χ4v) is 1.68. The molecule has 0 heterocycles. The van der Waals surface area contributed by atoms with Gasteiger partial charge in [-0.1, -0.05) is 34.8 Å². The molecule has 0 unspecified atom stereocenters. The van der Waals surface area contributed by atoms with Crippen LogP contribution in [0.5, 0.6) is 5.75 Å². The molecular weight excluding hydrogens is 274 g/mol. The van der Waals surface area contributed by atoms with Gasteiger partial charge < -0.3 is 9.84 Å². The van der Waals surface area contributed by atoms with Gasteiger partial charge >= 0.3 is 5.97 Å². The number of carboxylic acids is 1. The summed E-state index contributed by atoms with van der Waals surface area (Å²) in [5.74, 6) is -0.617. The first-order chi connectivity index (χ1) is 7.40. The van der Waals surface area contributed by atoms with Gasteiger partial charge in [-0.15, -0.1) is 0 Å². The maximum Gasteiger partial charge on any atom is 0.307 e. The maximum absolute atomic E-state index is 10.4. The Morgan fingerprint density at radius 2 is 1.88 bits per heavy atom. The van der Waals surface area contributed by atoms with Gasteiger partial charge in [0.05, 0.1) is 21.5 Å². The molecule has 1 atom stereocenters. The summed E-state index contributed by atoms with van der Waals surface area (Å²) in [6.07, 6.45) is -0.608. The predicted molar refractivity (Wildman–Crippen MR) is 63.8 cm³/mol. The predicted octanol–water partition coefficient (Wildman–Crippen LogP) is 3.89. The molecule has 1 rings (SSSR count). The van der Waals surface area contributed by atoms with Crippen LogP contribution in [-0.4, -0.2) is 17.2 Å². The zero-order valence-corrected chi connectivity index (χ0v) is 10.6. The summed E-state index contributed by atoms with van der Waals surface area (Å²) < 4.78 is 5.34. The van der Waals surface area contributed by atoms with E-state index in [2.05, 4.69) is 0 Å². The van der Waals surface area contributed by atoms with E-state index in [9.17, 15) is 4.79 Å². The number of benzene rings is 1. The standard InChI is InChI=1S/C10H9Cl3O3/c1-5(2-10(14)15)16-9-4-7(12)6(11)3-8(9)13/h3-5H,2H2,1H3,(H,14,15)/t5-/m1/s1. The maximum atomic E-state index is 10.4. The lowest BCUT2D eigenvalue weighted by molar-refractivity contribution is -0.138. The van der Waals surface area contributed by atoms with Crippen LogP contribution in [0.15, 0.2) is 12.1 Å². The average molecular weight is 284 g/mol. The Bertz CT molecular complexity index is 407. The SMILES string of the molecule is C[C@H](CC(=O)O)Oc1cc(Cl)c(Cl)cc1Cl. The minimum atomic E-state index is -0.941. The molecule has 0 aliphatic rings. The van der Waals surface area contributed by atoms with E-state index in [4.69, 9.17) is 44.6 Å². The van der Waals surface area contributed by atoms with Crippen LogP contribution in [-0.2, 0) is 4.79 Å². The Kier molecular flexibility index (Phi) is 4.71. The first-order valence-corrected chi connectivity index (χ1v) is 5.56. The smallest absolute Gasteiger partial charge is 0.307 e. The molecule has 88 valence electrons. The van der Waals surface area contributed by atoms with Gasteiger partial charge in [-0.25, -0.2) is 0 Å². The van der Waals surface area contributed by atoms with Crippen molar-refractivity contribution in [3.8, 4) is 5.75 Å². The number of carboxylic acid groups (broad SMARTS) is 1. The van der Waals surface area contributed by atoms with Gasteiger partial charge in [-0.3, -0.25) is 4.79 Å². The zero-order chi connectivity index (χ0) is 12.3. The third-order valence-electron chi connectivity index (χ3n) is 1.77. The van der Waals surface area contributed by atoms with Crippen LogP contribution in [0.1, 0.15) is 13.3 Å². The van der Waals surface area contributed by atoms with Crippen molar-refractivity contribution in [3.05, 3.63) is 27.2 Å². The van der Waals surface area contributed by atoms with Crippen LogP contribution in [0.4, 0.5) is 0 Å². The van der Waals surface area contributed by atoms with E-state index < -0.39 is 12.1 Å². The van der Waals surface area contributed by atoms with Crippen molar-refractivity contribution in [2.75, 3.05) is 0 Å². The summed E-state index contributed by atoms with van der Waals surface area (Å²) >= 11 is 17.4. The molecule has 0 spiro atoms. The van der Waals surface area contributed by atoms with Gasteiger partial charge in [-0.2, -0.15) is 0 Å². The lowest BCUT2D eigenvalue weighted by Gasteiger charge is -2.14. The molecular formula is C10H9Cl3O3. The molecule has 3 nitrogen and oxygen atoms in total. The number of hydrogen-bond donors (Lipinski definition) is 1. The summed E-state index contributed by atoms with van der Waals surface area (Å²) in [6.45, 7) is 1.63. The van der Waals surface area contributed by atoms with Crippen LogP contribution in [0.25, 0.3) is 0 Å². The second kappa shape index (κ2) is 5.62. The second-order valence-corrected chi connectivity index (χ2v) is 4.44. The monoisotopic (exact) mass is 282 g/mol. The van der Waals surface area contributed by atoms with Crippen molar-refractivity contribution < 1.29 is 14.6 Å². The molecule has 1 aromatic carbocycles. The fraction of sp³-hybridized carbons (Fsp3) is 0.300. The quantitative estimate of drug-likeness (QED) is 0.853. The Labute approximate surface area is 108 Å². The molecule has 16 heavy (non-hydrogen) atoms. The van der Waals surface area contributed by atoms with Gasteiger partial charge in [-0.05, 0) is 13.0 Å². The normalized spacial score (nSPS) is 12.2. The number of ether oxygens (including phenoxy) is 1. The molecule has 0 bridgehead atoms. The van der Waals surface area contributed by atoms with E-state index in [0.29, 0.717) is 20.8 Å². The van der Waals surface area contributed by atoms with E-state index >= 15 is 0 Å². The van der Waals surface area contributed by atoms with Crippen molar-refractivity contribution in [3.63, 3.8) is 0 Å². The minimum absolute atomic E-state index is 0.115. The Morgan fingerprint density at radius 3 is 2.44 bits per heavy atom. The molecule has 1 N–H and O–H groups in total. The summed E-state index contributed by atoms with van der Waals surface area (Å²) in [5, 5.41) is 9.50. The van der Waals surface area contributed by atoms with E-state index in [0.717, 1.165) is 0 Å². The van der Waals surface area contributed by atoms with Gasteiger partial charge in [0.2, 0.25) is 0 Å². The zero-order valence-electron chi connectivity index (χ0n) is 8.34. The van der Waals surface area contributed by atoms with E-state index in [1.165, 1.54) is 12.1 Å². The van der Waals surface area contributed by atoms with Crippen molar-refractivity contribution in [2.24, 2.45) is 0 Å². The largest absolute Gasteiger partial charge is 0.488 e. The average Bonchev–Trinajstić information content (AvgIpc) is 2.12. The van der Waals surface area contributed by atoms with Gasteiger partial charge in [0.25, 0.3) is 0 Å². The molecule has 0 aromatic heterocycles. The third kappa shape index (κ3) is 3.74. The molecule has 1 aromatic rings. The molecule has 0 saturated carbocycles. The number of aliphatic carboxylic acids is 1. The van der Waals surface area contributed by atoms with Crippen LogP contribution >= 0.6 is 34.8 Å². The summed E-state index contributed by atoms with van der Waals surface area (Å²) in [5.41, 5.74) is 0. The lowest BCUT2D eigenvalue weighted by atomic mass is 10.3. The van der Waals surface area contributed by atoms with E-state index in [1.54, 1.807) is 6.92 Å². The van der Waals surface area contributed by atoms with Crippen molar-refractivity contribution >= 4 is 40.8 Å². The highest BCUT2D eigenvalue weighted by Crippen LogP contribution is 2.34. The number of halogens is 3. The topological polar surface area (TPSA) is 46.5 Å². The molecule has 0 aliphatic heterocycles. The number of rotatable bonds is 4. The third-order valence-corrected chi connectivity index (χ3v) is 2.78. The highest BCUT2D eigenvalue weighted by molar-refractivity contribution is 6.43. The highest BCUT2D eigenvalue weighted by atomic mass is 35.5.